The second kappa shape index (κ2) is 13.7. The van der Waals surface area contributed by atoms with Crippen LogP contribution >= 0.6 is 0 Å². The van der Waals surface area contributed by atoms with E-state index in [1.54, 1.807) is 6.92 Å². The molecule has 0 fully saturated rings. The topological polar surface area (TPSA) is 26.3 Å². The Bertz CT molecular complexity index is 558. The third kappa shape index (κ3) is 9.34. The Morgan fingerprint density at radius 1 is 0.926 bits per heavy atom. The van der Waals surface area contributed by atoms with Crippen LogP contribution in [0.3, 0.4) is 0 Å². The molecule has 0 bridgehead atoms. The molecule has 0 heterocycles. The number of ether oxygens (including phenoxy) is 1. The lowest BCUT2D eigenvalue weighted by Gasteiger charge is -2.14. The molecule has 4 heteroatoms. The fourth-order valence-electron chi connectivity index (χ4n) is 3.24. The van der Waals surface area contributed by atoms with Crippen molar-refractivity contribution in [1.82, 2.24) is 0 Å². The van der Waals surface area contributed by atoms with E-state index in [0.717, 1.165) is 25.3 Å². The van der Waals surface area contributed by atoms with Crippen LogP contribution in [0.5, 0.6) is 0 Å². The number of hydrogen-bond acceptors (Lipinski definition) is 2. The molecular formula is C23H36F2O2. The maximum atomic E-state index is 14.0. The SMILES string of the molecule is CCCCCCCCCCCCCC(C)OC(=O)c1c(F)ccc(C)c1F. The van der Waals surface area contributed by atoms with Gasteiger partial charge in [-0.1, -0.05) is 77.2 Å². The highest BCUT2D eigenvalue weighted by atomic mass is 19.1. The highest BCUT2D eigenvalue weighted by Crippen LogP contribution is 2.19. The average molecular weight is 383 g/mol. The zero-order valence-corrected chi connectivity index (χ0v) is 17.3. The fraction of sp³-hybridized carbons (Fsp3) is 0.696. The van der Waals surface area contributed by atoms with Gasteiger partial charge in [0.25, 0.3) is 0 Å². The molecule has 154 valence electrons. The number of carbonyl (C=O) groups is 1. The summed E-state index contributed by atoms with van der Waals surface area (Å²) >= 11 is 0. The predicted octanol–water partition coefficient (Wildman–Crippen LogP) is 7.52. The highest BCUT2D eigenvalue weighted by Gasteiger charge is 2.22. The van der Waals surface area contributed by atoms with Crippen LogP contribution in [-0.2, 0) is 4.74 Å². The number of hydrogen-bond donors (Lipinski definition) is 0. The summed E-state index contributed by atoms with van der Waals surface area (Å²) in [6.45, 7) is 5.51. The van der Waals surface area contributed by atoms with Crippen molar-refractivity contribution in [3.05, 3.63) is 34.9 Å². The van der Waals surface area contributed by atoms with Crippen LogP contribution in [0.1, 0.15) is 107 Å². The Morgan fingerprint density at radius 3 is 2.00 bits per heavy atom. The van der Waals surface area contributed by atoms with Gasteiger partial charge in [0.05, 0.1) is 6.10 Å². The number of benzene rings is 1. The number of halogens is 2. The minimum Gasteiger partial charge on any atom is -0.459 e. The van der Waals surface area contributed by atoms with Gasteiger partial charge in [0.15, 0.2) is 0 Å². The van der Waals surface area contributed by atoms with Crippen LogP contribution in [-0.4, -0.2) is 12.1 Å². The third-order valence-electron chi connectivity index (χ3n) is 5.01. The van der Waals surface area contributed by atoms with Gasteiger partial charge in [-0.15, -0.1) is 0 Å². The summed E-state index contributed by atoms with van der Waals surface area (Å²) in [5.41, 5.74) is -0.345. The first-order valence-electron chi connectivity index (χ1n) is 10.6. The van der Waals surface area contributed by atoms with E-state index in [9.17, 15) is 13.6 Å². The summed E-state index contributed by atoms with van der Waals surface area (Å²) in [6, 6.07) is 2.42. The van der Waals surface area contributed by atoms with Gasteiger partial charge in [-0.05, 0) is 38.3 Å². The summed E-state index contributed by atoms with van der Waals surface area (Å²) in [4.78, 5) is 12.0. The molecule has 0 amide bonds. The molecule has 1 aromatic rings. The zero-order chi connectivity index (χ0) is 20.1. The second-order valence-electron chi connectivity index (χ2n) is 7.59. The van der Waals surface area contributed by atoms with Gasteiger partial charge in [-0.3, -0.25) is 0 Å². The van der Waals surface area contributed by atoms with Gasteiger partial charge >= 0.3 is 5.97 Å². The predicted molar refractivity (Wildman–Crippen MR) is 107 cm³/mol. The minimum atomic E-state index is -0.913. The molecule has 0 spiro atoms. The van der Waals surface area contributed by atoms with E-state index in [0.29, 0.717) is 0 Å². The molecule has 1 atom stereocenters. The molecule has 0 saturated heterocycles. The van der Waals surface area contributed by atoms with Crippen LogP contribution in [0.15, 0.2) is 12.1 Å². The molecule has 27 heavy (non-hydrogen) atoms. The van der Waals surface area contributed by atoms with Crippen molar-refractivity contribution >= 4 is 5.97 Å². The summed E-state index contributed by atoms with van der Waals surface area (Å²) in [5.74, 6) is -2.61. The van der Waals surface area contributed by atoms with E-state index in [-0.39, 0.29) is 11.7 Å². The molecule has 0 radical (unpaired) electrons. The van der Waals surface area contributed by atoms with Crippen molar-refractivity contribution in [3.8, 4) is 0 Å². The lowest BCUT2D eigenvalue weighted by Crippen LogP contribution is -2.18. The van der Waals surface area contributed by atoms with E-state index in [4.69, 9.17) is 4.74 Å². The van der Waals surface area contributed by atoms with Gasteiger partial charge in [0.2, 0.25) is 0 Å². The number of rotatable bonds is 14. The maximum absolute atomic E-state index is 14.0. The van der Waals surface area contributed by atoms with Gasteiger partial charge in [0.1, 0.15) is 17.2 Å². The van der Waals surface area contributed by atoms with E-state index in [2.05, 4.69) is 6.92 Å². The van der Waals surface area contributed by atoms with Crippen LogP contribution in [0, 0.1) is 18.6 Å². The van der Waals surface area contributed by atoms with Crippen molar-refractivity contribution in [2.45, 2.75) is 104 Å². The first-order chi connectivity index (χ1) is 13.0. The van der Waals surface area contributed by atoms with Gasteiger partial charge in [0, 0.05) is 0 Å². The van der Waals surface area contributed by atoms with Crippen molar-refractivity contribution in [2.24, 2.45) is 0 Å². The molecule has 0 aromatic heterocycles. The number of esters is 1. The second-order valence-corrected chi connectivity index (χ2v) is 7.59. The largest absolute Gasteiger partial charge is 0.459 e. The van der Waals surface area contributed by atoms with E-state index in [1.807, 2.05) is 0 Å². The van der Waals surface area contributed by atoms with Crippen molar-refractivity contribution in [1.29, 1.82) is 0 Å². The molecule has 0 N–H and O–H groups in total. The third-order valence-corrected chi connectivity index (χ3v) is 5.01. The van der Waals surface area contributed by atoms with E-state index < -0.39 is 23.2 Å². The van der Waals surface area contributed by atoms with Crippen molar-refractivity contribution in [3.63, 3.8) is 0 Å². The van der Waals surface area contributed by atoms with Gasteiger partial charge < -0.3 is 4.74 Å². The average Bonchev–Trinajstić information content (AvgIpc) is 2.63. The van der Waals surface area contributed by atoms with Crippen molar-refractivity contribution < 1.29 is 18.3 Å². The Hall–Kier alpha value is -1.45. The van der Waals surface area contributed by atoms with Gasteiger partial charge in [-0.25, -0.2) is 13.6 Å². The van der Waals surface area contributed by atoms with E-state index in [1.165, 1.54) is 70.8 Å². The molecule has 1 unspecified atom stereocenters. The molecule has 1 aromatic carbocycles. The molecular weight excluding hydrogens is 346 g/mol. The lowest BCUT2D eigenvalue weighted by molar-refractivity contribution is 0.0308. The Kier molecular flexibility index (Phi) is 12.0. The first kappa shape index (κ1) is 23.6. The number of carbonyl (C=O) groups excluding carboxylic acids is 1. The summed E-state index contributed by atoms with van der Waals surface area (Å²) < 4.78 is 32.9. The number of unbranched alkanes of at least 4 members (excludes halogenated alkanes) is 10. The van der Waals surface area contributed by atoms with Crippen LogP contribution in [0.4, 0.5) is 8.78 Å². The molecule has 0 aliphatic carbocycles. The Morgan fingerprint density at radius 2 is 1.44 bits per heavy atom. The molecule has 0 aliphatic rings. The molecule has 0 aliphatic heterocycles. The molecule has 2 nitrogen and oxygen atoms in total. The molecule has 0 saturated carbocycles. The van der Waals surface area contributed by atoms with Crippen LogP contribution in [0.25, 0.3) is 0 Å². The standard InChI is InChI=1S/C23H36F2O2/c1-4-5-6-7-8-9-10-11-12-13-14-15-19(3)27-23(26)21-20(24)17-16-18(2)22(21)25/h16-17,19H,4-15H2,1-3H3. The lowest BCUT2D eigenvalue weighted by atomic mass is 10.0. The maximum Gasteiger partial charge on any atom is 0.344 e. The number of aryl methyl sites for hydroxylation is 1. The minimum absolute atomic E-state index is 0.237. The fourth-order valence-corrected chi connectivity index (χ4v) is 3.24. The Balaban J connectivity index is 2.13. The first-order valence-corrected chi connectivity index (χ1v) is 10.6. The van der Waals surface area contributed by atoms with E-state index >= 15 is 0 Å². The quantitative estimate of drug-likeness (QED) is 0.246. The normalized spacial score (nSPS) is 12.2. The Labute approximate surface area is 163 Å². The molecule has 1 rings (SSSR count). The van der Waals surface area contributed by atoms with Crippen molar-refractivity contribution in [2.75, 3.05) is 0 Å². The van der Waals surface area contributed by atoms with Gasteiger partial charge in [-0.2, -0.15) is 0 Å². The summed E-state index contributed by atoms with van der Waals surface area (Å²) in [5, 5.41) is 0. The highest BCUT2D eigenvalue weighted by molar-refractivity contribution is 5.90. The van der Waals surface area contributed by atoms with Crippen LogP contribution in [0.2, 0.25) is 0 Å². The monoisotopic (exact) mass is 382 g/mol. The summed E-state index contributed by atoms with van der Waals surface area (Å²) in [6.07, 6.45) is 14.2. The smallest absolute Gasteiger partial charge is 0.344 e. The summed E-state index contributed by atoms with van der Waals surface area (Å²) in [7, 11) is 0. The van der Waals surface area contributed by atoms with Crippen LogP contribution < -0.4 is 0 Å². The zero-order valence-electron chi connectivity index (χ0n) is 17.3.